The summed E-state index contributed by atoms with van der Waals surface area (Å²) in [6, 6.07) is 0.923. The molecule has 0 aliphatic rings. The molecule has 0 saturated carbocycles. The summed E-state index contributed by atoms with van der Waals surface area (Å²) in [4.78, 5) is 21.4. The third-order valence-corrected chi connectivity index (χ3v) is 2.49. The fourth-order valence-electron chi connectivity index (χ4n) is 1.07. The summed E-state index contributed by atoms with van der Waals surface area (Å²) in [6.45, 7) is -0.0921. The molecule has 0 saturated heterocycles. The highest BCUT2D eigenvalue weighted by Crippen LogP contribution is 2.23. The third kappa shape index (κ3) is 4.28. The molecule has 0 fully saturated rings. The van der Waals surface area contributed by atoms with E-state index in [1.54, 1.807) is 0 Å². The molecule has 0 bridgehead atoms. The van der Waals surface area contributed by atoms with Gasteiger partial charge in [-0.25, -0.2) is 13.6 Å². The summed E-state index contributed by atoms with van der Waals surface area (Å²) in [5.74, 6) is -2.78. The number of anilines is 1. The first-order valence-corrected chi connectivity index (χ1v) is 5.60. The van der Waals surface area contributed by atoms with Crippen molar-refractivity contribution in [3.05, 3.63) is 28.2 Å². The predicted octanol–water partition coefficient (Wildman–Crippen LogP) is 2.32. The van der Waals surface area contributed by atoms with Gasteiger partial charge in [-0.2, -0.15) is 0 Å². The van der Waals surface area contributed by atoms with Crippen molar-refractivity contribution < 1.29 is 23.5 Å². The topological polar surface area (TPSA) is 78.4 Å². The van der Waals surface area contributed by atoms with Crippen LogP contribution in [0, 0.1) is 11.6 Å². The van der Waals surface area contributed by atoms with Gasteiger partial charge in [-0.1, -0.05) is 0 Å². The Bertz CT molecular complexity index is 482. The highest BCUT2D eigenvalue weighted by Gasteiger charge is 2.10. The minimum Gasteiger partial charge on any atom is -0.481 e. The van der Waals surface area contributed by atoms with Gasteiger partial charge in [-0.3, -0.25) is 4.79 Å². The number of carbonyl (C=O) groups is 2. The molecular formula is C10H9BrF2N2O3. The predicted molar refractivity (Wildman–Crippen MR) is 63.3 cm³/mol. The van der Waals surface area contributed by atoms with Gasteiger partial charge in [0.1, 0.15) is 11.6 Å². The summed E-state index contributed by atoms with van der Waals surface area (Å²) < 4.78 is 26.2. The van der Waals surface area contributed by atoms with Crippen LogP contribution in [0.25, 0.3) is 0 Å². The molecule has 18 heavy (non-hydrogen) atoms. The molecule has 8 heteroatoms. The van der Waals surface area contributed by atoms with Crippen LogP contribution in [0.5, 0.6) is 0 Å². The van der Waals surface area contributed by atoms with Crippen LogP contribution < -0.4 is 10.6 Å². The number of urea groups is 1. The van der Waals surface area contributed by atoms with E-state index in [9.17, 15) is 18.4 Å². The van der Waals surface area contributed by atoms with Crippen LogP contribution in [0.1, 0.15) is 6.42 Å². The number of hydrogen-bond acceptors (Lipinski definition) is 2. The van der Waals surface area contributed by atoms with Crippen LogP contribution in [0.15, 0.2) is 16.6 Å². The van der Waals surface area contributed by atoms with E-state index in [-0.39, 0.29) is 23.1 Å². The minimum atomic E-state index is -1.06. The zero-order chi connectivity index (χ0) is 13.7. The maximum absolute atomic E-state index is 13.2. The van der Waals surface area contributed by atoms with Gasteiger partial charge in [-0.05, 0) is 22.0 Å². The van der Waals surface area contributed by atoms with Crippen molar-refractivity contribution in [3.8, 4) is 0 Å². The molecule has 0 spiro atoms. The minimum absolute atomic E-state index is 0.00439. The van der Waals surface area contributed by atoms with Crippen molar-refractivity contribution >= 4 is 33.6 Å². The molecule has 0 unspecified atom stereocenters. The van der Waals surface area contributed by atoms with Crippen LogP contribution >= 0.6 is 15.9 Å². The number of rotatable bonds is 4. The first kappa shape index (κ1) is 14.4. The summed E-state index contributed by atoms with van der Waals surface area (Å²) in [7, 11) is 0. The van der Waals surface area contributed by atoms with E-state index in [4.69, 9.17) is 5.11 Å². The molecule has 1 aromatic carbocycles. The van der Waals surface area contributed by atoms with Crippen LogP contribution in [-0.2, 0) is 4.79 Å². The first-order valence-electron chi connectivity index (χ1n) is 4.81. The van der Waals surface area contributed by atoms with E-state index in [1.807, 2.05) is 0 Å². The Morgan fingerprint density at radius 3 is 2.56 bits per heavy atom. The zero-order valence-electron chi connectivity index (χ0n) is 8.97. The molecule has 98 valence electrons. The average molecular weight is 323 g/mol. The zero-order valence-corrected chi connectivity index (χ0v) is 10.6. The lowest BCUT2D eigenvalue weighted by molar-refractivity contribution is -0.136. The summed E-state index contributed by atoms with van der Waals surface area (Å²) in [5, 5.41) is 12.7. The summed E-state index contributed by atoms with van der Waals surface area (Å²) >= 11 is 2.85. The van der Waals surface area contributed by atoms with Crippen molar-refractivity contribution in [3.63, 3.8) is 0 Å². The standard InChI is InChI=1S/C10H9BrF2N2O3/c11-5-3-8(7(13)4-6(5)12)15-10(18)14-2-1-9(16)17/h3-4H,1-2H2,(H,16,17)(H2,14,15,18). The van der Waals surface area contributed by atoms with Gasteiger partial charge in [0.05, 0.1) is 16.6 Å². The first-order chi connectivity index (χ1) is 8.40. The number of aliphatic carboxylic acids is 1. The van der Waals surface area contributed by atoms with E-state index >= 15 is 0 Å². The number of amides is 2. The van der Waals surface area contributed by atoms with Crippen molar-refractivity contribution in [1.29, 1.82) is 0 Å². The van der Waals surface area contributed by atoms with Crippen LogP contribution in [0.3, 0.4) is 0 Å². The van der Waals surface area contributed by atoms with Gasteiger partial charge in [-0.15, -0.1) is 0 Å². The SMILES string of the molecule is O=C(O)CCNC(=O)Nc1cc(Br)c(F)cc1F. The Hall–Kier alpha value is -1.70. The van der Waals surface area contributed by atoms with Gasteiger partial charge in [0.2, 0.25) is 0 Å². The maximum Gasteiger partial charge on any atom is 0.319 e. The monoisotopic (exact) mass is 322 g/mol. The molecule has 3 N–H and O–H groups in total. The number of carbonyl (C=O) groups excluding carboxylic acids is 1. The van der Waals surface area contributed by atoms with Crippen molar-refractivity contribution in [2.75, 3.05) is 11.9 Å². The summed E-state index contributed by atoms with van der Waals surface area (Å²) in [5.41, 5.74) is -0.212. The number of benzene rings is 1. The fourth-order valence-corrected chi connectivity index (χ4v) is 1.41. The number of hydrogen-bond donors (Lipinski definition) is 3. The second-order valence-corrected chi connectivity index (χ2v) is 4.13. The third-order valence-electron chi connectivity index (χ3n) is 1.88. The van der Waals surface area contributed by atoms with Crippen LogP contribution in [0.4, 0.5) is 19.3 Å². The molecule has 0 aromatic heterocycles. The fraction of sp³-hybridized carbons (Fsp3) is 0.200. The quantitative estimate of drug-likeness (QED) is 0.744. The normalized spacial score (nSPS) is 9.94. The molecule has 0 heterocycles. The van der Waals surface area contributed by atoms with Crippen molar-refractivity contribution in [1.82, 2.24) is 5.32 Å². The number of carboxylic acids is 1. The second-order valence-electron chi connectivity index (χ2n) is 3.27. The van der Waals surface area contributed by atoms with Crippen LogP contribution in [0.2, 0.25) is 0 Å². The molecule has 0 radical (unpaired) electrons. The number of halogens is 3. The Kier molecular flexibility index (Phi) is 5.02. The van der Waals surface area contributed by atoms with E-state index in [0.29, 0.717) is 6.07 Å². The van der Waals surface area contributed by atoms with Crippen molar-refractivity contribution in [2.45, 2.75) is 6.42 Å². The molecule has 0 aliphatic carbocycles. The number of nitrogens with one attached hydrogen (secondary N) is 2. The van der Waals surface area contributed by atoms with Gasteiger partial charge in [0, 0.05) is 12.6 Å². The lowest BCUT2D eigenvalue weighted by Gasteiger charge is -2.08. The molecule has 1 aromatic rings. The summed E-state index contributed by atoms with van der Waals surface area (Å²) in [6.07, 6.45) is -0.247. The maximum atomic E-state index is 13.2. The Balaban J connectivity index is 2.59. The van der Waals surface area contributed by atoms with Crippen LogP contribution in [-0.4, -0.2) is 23.7 Å². The highest BCUT2D eigenvalue weighted by atomic mass is 79.9. The smallest absolute Gasteiger partial charge is 0.319 e. The number of carboxylic acid groups (broad SMARTS) is 1. The average Bonchev–Trinajstić information content (AvgIpc) is 2.25. The lowest BCUT2D eigenvalue weighted by atomic mass is 10.3. The Morgan fingerprint density at radius 1 is 1.28 bits per heavy atom. The van der Waals surface area contributed by atoms with Gasteiger partial charge in [0.15, 0.2) is 0 Å². The highest BCUT2D eigenvalue weighted by molar-refractivity contribution is 9.10. The molecule has 2 amide bonds. The second kappa shape index (κ2) is 6.29. The van der Waals surface area contributed by atoms with E-state index in [1.165, 1.54) is 0 Å². The van der Waals surface area contributed by atoms with E-state index < -0.39 is 23.6 Å². The molecule has 5 nitrogen and oxygen atoms in total. The Morgan fingerprint density at radius 2 is 1.94 bits per heavy atom. The molecule has 1 rings (SSSR count). The van der Waals surface area contributed by atoms with Gasteiger partial charge >= 0.3 is 12.0 Å². The van der Waals surface area contributed by atoms with Gasteiger partial charge < -0.3 is 15.7 Å². The van der Waals surface area contributed by atoms with Gasteiger partial charge in [0.25, 0.3) is 0 Å². The largest absolute Gasteiger partial charge is 0.481 e. The Labute approximate surface area is 109 Å². The van der Waals surface area contributed by atoms with Crippen molar-refractivity contribution in [2.24, 2.45) is 0 Å². The lowest BCUT2D eigenvalue weighted by Crippen LogP contribution is -2.30. The molecular weight excluding hydrogens is 314 g/mol. The van der Waals surface area contributed by atoms with E-state index in [0.717, 1.165) is 6.07 Å². The molecule has 0 aliphatic heterocycles. The molecule has 0 atom stereocenters. The van der Waals surface area contributed by atoms with E-state index in [2.05, 4.69) is 26.6 Å².